The largest absolute Gasteiger partial charge is 0.493 e. The summed E-state index contributed by atoms with van der Waals surface area (Å²) in [5.74, 6) is 0.00894. The van der Waals surface area contributed by atoms with E-state index in [1.807, 2.05) is 0 Å². The molecule has 0 radical (unpaired) electrons. The molecule has 96 valence electrons. The van der Waals surface area contributed by atoms with Gasteiger partial charge in [-0.3, -0.25) is 0 Å². The molecule has 0 saturated carbocycles. The molecule has 0 spiro atoms. The number of ether oxygens (including phenoxy) is 2. The summed E-state index contributed by atoms with van der Waals surface area (Å²) in [7, 11) is 1.52. The number of carboxylic acids is 1. The third kappa shape index (κ3) is 4.51. The third-order valence-electron chi connectivity index (χ3n) is 1.99. The molecule has 0 aliphatic heterocycles. The van der Waals surface area contributed by atoms with Gasteiger partial charge in [0.15, 0.2) is 11.5 Å². The second-order valence-corrected chi connectivity index (χ2v) is 3.92. The topological polar surface area (TPSA) is 55.8 Å². The number of benzene rings is 1. The Kier molecular flexibility index (Phi) is 5.27. The lowest BCUT2D eigenvalue weighted by Crippen LogP contribution is -1.99. The lowest BCUT2D eigenvalue weighted by molar-refractivity contribution is -0.131. The fourth-order valence-corrected chi connectivity index (χ4v) is 1.29. The molecule has 5 heteroatoms. The van der Waals surface area contributed by atoms with Crippen LogP contribution < -0.4 is 9.47 Å². The second kappa shape index (κ2) is 6.71. The maximum atomic E-state index is 10.4. The molecule has 0 amide bonds. The van der Waals surface area contributed by atoms with Crippen LogP contribution >= 0.6 is 11.6 Å². The molecule has 1 aromatic carbocycles. The molecule has 1 N–H and O–H groups in total. The van der Waals surface area contributed by atoms with Gasteiger partial charge in [-0.15, -0.1) is 0 Å². The van der Waals surface area contributed by atoms with Crippen LogP contribution in [0.1, 0.15) is 5.56 Å². The zero-order valence-corrected chi connectivity index (χ0v) is 10.6. The molecule has 0 unspecified atom stereocenters. The van der Waals surface area contributed by atoms with Gasteiger partial charge in [0.2, 0.25) is 0 Å². The van der Waals surface area contributed by atoms with Crippen molar-refractivity contribution in [2.45, 2.75) is 0 Å². The summed E-state index contributed by atoms with van der Waals surface area (Å²) >= 11 is 5.61. The van der Waals surface area contributed by atoms with Crippen LogP contribution in [0.25, 0.3) is 6.08 Å². The molecule has 0 bridgehead atoms. The van der Waals surface area contributed by atoms with Crippen molar-refractivity contribution in [1.82, 2.24) is 0 Å². The molecule has 1 aromatic rings. The van der Waals surface area contributed by atoms with Crippen molar-refractivity contribution in [3.63, 3.8) is 0 Å². The van der Waals surface area contributed by atoms with Crippen LogP contribution in [0.3, 0.4) is 0 Å². The molecule has 0 heterocycles. The molecule has 0 aliphatic rings. The van der Waals surface area contributed by atoms with Crippen LogP contribution in [-0.2, 0) is 4.79 Å². The van der Waals surface area contributed by atoms with E-state index in [0.717, 1.165) is 6.08 Å². The summed E-state index contributed by atoms with van der Waals surface area (Å²) in [6.45, 7) is 3.67. The predicted molar refractivity (Wildman–Crippen MR) is 70.2 cm³/mol. The van der Waals surface area contributed by atoms with Crippen LogP contribution in [0, 0.1) is 0 Å². The van der Waals surface area contributed by atoms with Gasteiger partial charge < -0.3 is 14.6 Å². The van der Waals surface area contributed by atoms with E-state index >= 15 is 0 Å². The van der Waals surface area contributed by atoms with Crippen LogP contribution in [0.15, 0.2) is 35.9 Å². The van der Waals surface area contributed by atoms with E-state index in [2.05, 4.69) is 6.58 Å². The lowest BCUT2D eigenvalue weighted by atomic mass is 10.2. The minimum Gasteiger partial charge on any atom is -0.493 e. The first-order chi connectivity index (χ1) is 8.52. The van der Waals surface area contributed by atoms with Crippen molar-refractivity contribution in [2.24, 2.45) is 0 Å². The van der Waals surface area contributed by atoms with E-state index in [4.69, 9.17) is 26.2 Å². The first-order valence-corrected chi connectivity index (χ1v) is 5.46. The van der Waals surface area contributed by atoms with E-state index in [-0.39, 0.29) is 6.61 Å². The summed E-state index contributed by atoms with van der Waals surface area (Å²) in [6, 6.07) is 5.08. The van der Waals surface area contributed by atoms with Crippen molar-refractivity contribution < 1.29 is 19.4 Å². The molecule has 0 aromatic heterocycles. The number of hydrogen-bond donors (Lipinski definition) is 1. The van der Waals surface area contributed by atoms with Crippen LogP contribution in [0.5, 0.6) is 11.5 Å². The van der Waals surface area contributed by atoms with Gasteiger partial charge in [-0.05, 0) is 23.8 Å². The Bertz CT molecular complexity index is 480. The quantitative estimate of drug-likeness (QED) is 0.806. The molecule has 0 saturated heterocycles. The average Bonchev–Trinajstić information content (AvgIpc) is 2.33. The normalized spacial score (nSPS) is 10.3. The molecular weight excluding hydrogens is 256 g/mol. The van der Waals surface area contributed by atoms with E-state index in [0.29, 0.717) is 22.1 Å². The van der Waals surface area contributed by atoms with Gasteiger partial charge in [-0.2, -0.15) is 0 Å². The third-order valence-corrected chi connectivity index (χ3v) is 2.10. The van der Waals surface area contributed by atoms with Crippen molar-refractivity contribution in [1.29, 1.82) is 0 Å². The first kappa shape index (κ1) is 14.1. The summed E-state index contributed by atoms with van der Waals surface area (Å²) < 4.78 is 10.5. The first-order valence-electron chi connectivity index (χ1n) is 5.08. The Morgan fingerprint density at radius 1 is 1.50 bits per heavy atom. The lowest BCUT2D eigenvalue weighted by Gasteiger charge is -2.10. The van der Waals surface area contributed by atoms with Gasteiger partial charge in [0, 0.05) is 11.1 Å². The smallest absolute Gasteiger partial charge is 0.328 e. The Morgan fingerprint density at radius 2 is 2.22 bits per heavy atom. The minimum absolute atomic E-state index is 0.157. The van der Waals surface area contributed by atoms with Gasteiger partial charge in [-0.1, -0.05) is 24.2 Å². The van der Waals surface area contributed by atoms with Gasteiger partial charge in [0.25, 0.3) is 0 Å². The van der Waals surface area contributed by atoms with Gasteiger partial charge in [0.05, 0.1) is 7.11 Å². The van der Waals surface area contributed by atoms with Gasteiger partial charge in [-0.25, -0.2) is 4.79 Å². The van der Waals surface area contributed by atoms with Crippen molar-refractivity contribution >= 4 is 23.6 Å². The van der Waals surface area contributed by atoms with Crippen LogP contribution in [0.4, 0.5) is 0 Å². The summed E-state index contributed by atoms with van der Waals surface area (Å²) in [5, 5.41) is 8.91. The predicted octanol–water partition coefficient (Wildman–Crippen LogP) is 2.92. The number of hydrogen-bond acceptors (Lipinski definition) is 3. The zero-order chi connectivity index (χ0) is 13.5. The number of aliphatic carboxylic acids is 1. The van der Waals surface area contributed by atoms with Crippen molar-refractivity contribution in [3.8, 4) is 11.5 Å². The summed E-state index contributed by atoms with van der Waals surface area (Å²) in [4.78, 5) is 10.4. The number of rotatable bonds is 6. The molecule has 1 rings (SSSR count). The van der Waals surface area contributed by atoms with Gasteiger partial charge in [0.1, 0.15) is 6.61 Å². The Labute approximate surface area is 110 Å². The maximum absolute atomic E-state index is 10.4. The minimum atomic E-state index is -1.01. The van der Waals surface area contributed by atoms with E-state index < -0.39 is 5.97 Å². The maximum Gasteiger partial charge on any atom is 0.328 e. The van der Waals surface area contributed by atoms with E-state index in [9.17, 15) is 4.79 Å². The number of carbonyl (C=O) groups is 1. The standard InChI is InChI=1S/C13H13ClO4/c1-9(14)8-18-12-7-10(4-6-13(15)16)3-5-11(12)17-2/h3-7H,1,8H2,2H3,(H,15,16)/b6-4+. The van der Waals surface area contributed by atoms with Crippen LogP contribution in [0.2, 0.25) is 0 Å². The van der Waals surface area contributed by atoms with Gasteiger partial charge >= 0.3 is 5.97 Å². The molecule has 0 fully saturated rings. The molecule has 18 heavy (non-hydrogen) atoms. The van der Waals surface area contributed by atoms with Crippen molar-refractivity contribution in [2.75, 3.05) is 13.7 Å². The zero-order valence-electron chi connectivity index (χ0n) is 9.85. The molecule has 0 aliphatic carbocycles. The Hall–Kier alpha value is -1.94. The fraction of sp³-hybridized carbons (Fsp3) is 0.154. The molecule has 0 atom stereocenters. The SMILES string of the molecule is C=C(Cl)COc1cc(/C=C/C(=O)O)ccc1OC. The monoisotopic (exact) mass is 268 g/mol. The molecule has 4 nitrogen and oxygen atoms in total. The summed E-state index contributed by atoms with van der Waals surface area (Å²) in [5.41, 5.74) is 0.688. The summed E-state index contributed by atoms with van der Waals surface area (Å²) in [6.07, 6.45) is 2.51. The number of methoxy groups -OCH3 is 1. The van der Waals surface area contributed by atoms with E-state index in [1.165, 1.54) is 13.2 Å². The Balaban J connectivity index is 2.93. The number of carboxylic acid groups (broad SMARTS) is 1. The average molecular weight is 269 g/mol. The highest BCUT2D eigenvalue weighted by molar-refractivity contribution is 6.29. The second-order valence-electron chi connectivity index (χ2n) is 3.39. The van der Waals surface area contributed by atoms with Crippen molar-refractivity contribution in [3.05, 3.63) is 41.4 Å². The highest BCUT2D eigenvalue weighted by Crippen LogP contribution is 2.29. The van der Waals surface area contributed by atoms with Crippen LogP contribution in [-0.4, -0.2) is 24.8 Å². The highest BCUT2D eigenvalue weighted by atomic mass is 35.5. The highest BCUT2D eigenvalue weighted by Gasteiger charge is 2.05. The number of halogens is 1. The fourth-order valence-electron chi connectivity index (χ4n) is 1.23. The van der Waals surface area contributed by atoms with E-state index in [1.54, 1.807) is 18.2 Å². The Morgan fingerprint density at radius 3 is 2.78 bits per heavy atom. The molecular formula is C13H13ClO4.